The molecule has 0 aromatic carbocycles. The molecular weight excluding hydrogens is 150 g/mol. The Hall–Kier alpha value is -0.0800. The summed E-state index contributed by atoms with van der Waals surface area (Å²) in [6, 6.07) is 0. The summed E-state index contributed by atoms with van der Waals surface area (Å²) in [5, 5.41) is 0. The van der Waals surface area contributed by atoms with Gasteiger partial charge in [0.05, 0.1) is 5.60 Å². The lowest BCUT2D eigenvalue weighted by Crippen LogP contribution is -2.34. The molecule has 0 radical (unpaired) electrons. The van der Waals surface area contributed by atoms with Crippen molar-refractivity contribution in [2.45, 2.75) is 46.1 Å². The average Bonchev–Trinajstić information content (AvgIpc) is 1.98. The lowest BCUT2D eigenvalue weighted by Gasteiger charge is -2.23. The standard InChI is InChI=1S/C10H23NO/c1-9(2)6-5-7-12-10(3,4)8-11/h9H,5-8,11H2,1-4H3. The molecule has 0 amide bonds. The average molecular weight is 173 g/mol. The Morgan fingerprint density at radius 2 is 1.92 bits per heavy atom. The van der Waals surface area contributed by atoms with Crippen molar-refractivity contribution in [2.24, 2.45) is 11.7 Å². The minimum atomic E-state index is -0.142. The molecule has 0 atom stereocenters. The minimum Gasteiger partial charge on any atom is -0.374 e. The van der Waals surface area contributed by atoms with Crippen LogP contribution in [0, 0.1) is 5.92 Å². The predicted octanol–water partition coefficient (Wildman–Crippen LogP) is 2.18. The summed E-state index contributed by atoms with van der Waals surface area (Å²) in [6.07, 6.45) is 2.38. The van der Waals surface area contributed by atoms with Gasteiger partial charge in [-0.25, -0.2) is 0 Å². The van der Waals surface area contributed by atoms with Gasteiger partial charge in [0.15, 0.2) is 0 Å². The van der Waals surface area contributed by atoms with Crippen LogP contribution in [0.3, 0.4) is 0 Å². The Morgan fingerprint density at radius 3 is 2.33 bits per heavy atom. The Balaban J connectivity index is 3.31. The van der Waals surface area contributed by atoms with E-state index >= 15 is 0 Å². The third-order valence-corrected chi connectivity index (χ3v) is 1.91. The van der Waals surface area contributed by atoms with E-state index in [2.05, 4.69) is 13.8 Å². The molecule has 0 bridgehead atoms. The third-order valence-electron chi connectivity index (χ3n) is 1.91. The Labute approximate surface area is 76.5 Å². The van der Waals surface area contributed by atoms with Crippen molar-refractivity contribution in [3.8, 4) is 0 Å². The molecule has 0 rings (SSSR count). The van der Waals surface area contributed by atoms with Crippen LogP contribution in [0.5, 0.6) is 0 Å². The van der Waals surface area contributed by atoms with E-state index in [1.54, 1.807) is 0 Å². The normalized spacial score (nSPS) is 12.5. The number of hydrogen-bond donors (Lipinski definition) is 1. The van der Waals surface area contributed by atoms with Gasteiger partial charge in [-0.2, -0.15) is 0 Å². The van der Waals surface area contributed by atoms with Crippen molar-refractivity contribution in [1.29, 1.82) is 0 Å². The van der Waals surface area contributed by atoms with E-state index in [9.17, 15) is 0 Å². The molecule has 12 heavy (non-hydrogen) atoms. The fourth-order valence-corrected chi connectivity index (χ4v) is 0.899. The number of ether oxygens (including phenoxy) is 1. The van der Waals surface area contributed by atoms with Gasteiger partial charge in [0.2, 0.25) is 0 Å². The summed E-state index contributed by atoms with van der Waals surface area (Å²) in [5.74, 6) is 0.773. The Morgan fingerprint density at radius 1 is 1.33 bits per heavy atom. The Bertz CT molecular complexity index is 110. The van der Waals surface area contributed by atoms with Gasteiger partial charge in [0.25, 0.3) is 0 Å². The zero-order valence-corrected chi connectivity index (χ0v) is 8.89. The van der Waals surface area contributed by atoms with Gasteiger partial charge in [0.1, 0.15) is 0 Å². The Kier molecular flexibility index (Phi) is 5.51. The molecular formula is C10H23NO. The van der Waals surface area contributed by atoms with Crippen molar-refractivity contribution < 1.29 is 4.74 Å². The second kappa shape index (κ2) is 5.55. The molecule has 0 spiro atoms. The maximum atomic E-state index is 5.60. The van der Waals surface area contributed by atoms with E-state index in [1.807, 2.05) is 13.8 Å². The van der Waals surface area contributed by atoms with Crippen molar-refractivity contribution in [2.75, 3.05) is 13.2 Å². The van der Waals surface area contributed by atoms with Crippen LogP contribution in [0.25, 0.3) is 0 Å². The monoisotopic (exact) mass is 173 g/mol. The van der Waals surface area contributed by atoms with Crippen LogP contribution >= 0.6 is 0 Å². The molecule has 2 heteroatoms. The van der Waals surface area contributed by atoms with E-state index in [-0.39, 0.29) is 5.60 Å². The first kappa shape index (κ1) is 11.9. The smallest absolute Gasteiger partial charge is 0.0748 e. The molecule has 0 aromatic rings. The van der Waals surface area contributed by atoms with Gasteiger partial charge in [0, 0.05) is 13.2 Å². The van der Waals surface area contributed by atoms with Gasteiger partial charge in [-0.1, -0.05) is 13.8 Å². The lowest BCUT2D eigenvalue weighted by atomic mass is 10.1. The fraction of sp³-hybridized carbons (Fsp3) is 1.00. The zero-order chi connectivity index (χ0) is 9.61. The van der Waals surface area contributed by atoms with Crippen LogP contribution in [0.1, 0.15) is 40.5 Å². The van der Waals surface area contributed by atoms with E-state index < -0.39 is 0 Å². The molecule has 0 saturated heterocycles. The van der Waals surface area contributed by atoms with Crippen molar-refractivity contribution in [3.63, 3.8) is 0 Å². The third kappa shape index (κ3) is 6.62. The highest BCUT2D eigenvalue weighted by atomic mass is 16.5. The molecule has 0 fully saturated rings. The van der Waals surface area contributed by atoms with E-state index in [0.717, 1.165) is 18.9 Å². The van der Waals surface area contributed by atoms with Gasteiger partial charge in [-0.15, -0.1) is 0 Å². The highest BCUT2D eigenvalue weighted by molar-refractivity contribution is 4.68. The summed E-state index contributed by atoms with van der Waals surface area (Å²) in [6.45, 7) is 9.95. The summed E-state index contributed by atoms with van der Waals surface area (Å²) in [5.41, 5.74) is 5.38. The first-order valence-electron chi connectivity index (χ1n) is 4.82. The predicted molar refractivity (Wildman–Crippen MR) is 53.2 cm³/mol. The first-order chi connectivity index (χ1) is 5.48. The molecule has 0 heterocycles. The summed E-state index contributed by atoms with van der Waals surface area (Å²) in [7, 11) is 0. The summed E-state index contributed by atoms with van der Waals surface area (Å²) >= 11 is 0. The summed E-state index contributed by atoms with van der Waals surface area (Å²) < 4.78 is 5.60. The number of hydrogen-bond acceptors (Lipinski definition) is 2. The van der Waals surface area contributed by atoms with Crippen LogP contribution < -0.4 is 5.73 Å². The van der Waals surface area contributed by atoms with E-state index in [0.29, 0.717) is 6.54 Å². The second-order valence-corrected chi connectivity index (χ2v) is 4.35. The highest BCUT2D eigenvalue weighted by Gasteiger charge is 2.14. The van der Waals surface area contributed by atoms with Gasteiger partial charge >= 0.3 is 0 Å². The molecule has 2 nitrogen and oxygen atoms in total. The van der Waals surface area contributed by atoms with Crippen LogP contribution in [0.15, 0.2) is 0 Å². The quantitative estimate of drug-likeness (QED) is 0.625. The molecule has 0 saturated carbocycles. The first-order valence-corrected chi connectivity index (χ1v) is 4.82. The van der Waals surface area contributed by atoms with Crippen LogP contribution in [-0.2, 0) is 4.74 Å². The molecule has 0 aliphatic carbocycles. The molecule has 74 valence electrons. The van der Waals surface area contributed by atoms with Gasteiger partial charge in [-0.3, -0.25) is 0 Å². The largest absolute Gasteiger partial charge is 0.374 e. The topological polar surface area (TPSA) is 35.2 Å². The molecule has 0 aromatic heterocycles. The minimum absolute atomic E-state index is 0.142. The number of rotatable bonds is 6. The molecule has 0 aliphatic heterocycles. The van der Waals surface area contributed by atoms with Crippen LogP contribution in [-0.4, -0.2) is 18.8 Å². The van der Waals surface area contributed by atoms with Crippen molar-refractivity contribution in [3.05, 3.63) is 0 Å². The lowest BCUT2D eigenvalue weighted by molar-refractivity contribution is -0.0129. The number of nitrogens with two attached hydrogens (primary N) is 1. The van der Waals surface area contributed by atoms with Crippen LogP contribution in [0.4, 0.5) is 0 Å². The fourth-order valence-electron chi connectivity index (χ4n) is 0.899. The van der Waals surface area contributed by atoms with E-state index in [1.165, 1.54) is 6.42 Å². The van der Waals surface area contributed by atoms with Crippen molar-refractivity contribution in [1.82, 2.24) is 0 Å². The van der Waals surface area contributed by atoms with E-state index in [4.69, 9.17) is 10.5 Å². The maximum absolute atomic E-state index is 5.60. The highest BCUT2D eigenvalue weighted by Crippen LogP contribution is 2.09. The second-order valence-electron chi connectivity index (χ2n) is 4.35. The molecule has 0 aliphatic rings. The van der Waals surface area contributed by atoms with Crippen LogP contribution in [0.2, 0.25) is 0 Å². The zero-order valence-electron chi connectivity index (χ0n) is 8.89. The van der Waals surface area contributed by atoms with Gasteiger partial charge < -0.3 is 10.5 Å². The summed E-state index contributed by atoms with van der Waals surface area (Å²) in [4.78, 5) is 0. The molecule has 0 unspecified atom stereocenters. The maximum Gasteiger partial charge on any atom is 0.0748 e. The van der Waals surface area contributed by atoms with Crippen molar-refractivity contribution >= 4 is 0 Å². The van der Waals surface area contributed by atoms with Gasteiger partial charge in [-0.05, 0) is 32.6 Å². The SMILES string of the molecule is CC(C)CCCOC(C)(C)CN. The molecule has 2 N–H and O–H groups in total.